The molecule has 2 rings (SSSR count). The zero-order valence-electron chi connectivity index (χ0n) is 9.84. The van der Waals surface area contributed by atoms with Crippen molar-refractivity contribution < 1.29 is 17.8 Å². The Labute approximate surface area is 142 Å². The molecule has 0 spiro atoms. The van der Waals surface area contributed by atoms with Crippen LogP contribution >= 0.6 is 15.9 Å². The van der Waals surface area contributed by atoms with Gasteiger partial charge in [-0.3, -0.25) is 9.35 Å². The third-order valence-corrected chi connectivity index (χ3v) is 4.60. The molecule has 8 heteroatoms. The van der Waals surface area contributed by atoms with E-state index in [-0.39, 0.29) is 35.5 Å². The molecule has 0 fully saturated rings. The normalized spacial score (nSPS) is 22.1. The quantitative estimate of drug-likeness (QED) is 0.630. The van der Waals surface area contributed by atoms with Crippen molar-refractivity contribution in [2.24, 2.45) is 0 Å². The van der Waals surface area contributed by atoms with Crippen LogP contribution in [-0.2, 0) is 20.3 Å². The van der Waals surface area contributed by atoms with Crippen molar-refractivity contribution in [3.8, 4) is 0 Å². The average Bonchev–Trinajstić information content (AvgIpc) is 2.39. The molecule has 19 heavy (non-hydrogen) atoms. The van der Waals surface area contributed by atoms with E-state index in [0.717, 1.165) is 4.47 Å². The summed E-state index contributed by atoms with van der Waals surface area (Å²) in [4.78, 5) is 13.6. The van der Waals surface area contributed by atoms with Gasteiger partial charge in [0.15, 0.2) is 0 Å². The Morgan fingerprint density at radius 1 is 1.42 bits per heavy atom. The fourth-order valence-corrected chi connectivity index (χ4v) is 3.71. The number of fused-ring (bicyclic) bond motifs is 1. The summed E-state index contributed by atoms with van der Waals surface area (Å²) in [6.07, 6.45) is 0. The van der Waals surface area contributed by atoms with E-state index in [4.69, 9.17) is 4.55 Å². The number of carbonyl (C=O) groups excluding carboxylic acids is 1. The molecule has 1 aliphatic heterocycles. The number of carbonyl (C=O) groups is 1. The van der Waals surface area contributed by atoms with E-state index in [1.54, 1.807) is 25.2 Å². The van der Waals surface area contributed by atoms with Crippen LogP contribution in [0.25, 0.3) is 0 Å². The molecule has 1 aliphatic rings. The first-order valence-corrected chi connectivity index (χ1v) is 7.59. The molecule has 100 valence electrons. The molecule has 1 amide bonds. The fourth-order valence-electron chi connectivity index (χ4n) is 2.34. The van der Waals surface area contributed by atoms with Gasteiger partial charge in [0, 0.05) is 17.2 Å². The van der Waals surface area contributed by atoms with Crippen molar-refractivity contribution in [3.05, 3.63) is 28.2 Å². The van der Waals surface area contributed by atoms with Crippen LogP contribution in [0.2, 0.25) is 0 Å². The van der Waals surface area contributed by atoms with Crippen LogP contribution < -0.4 is 4.90 Å². The monoisotopic (exact) mass is 357 g/mol. The van der Waals surface area contributed by atoms with Crippen LogP contribution in [-0.4, -0.2) is 61.2 Å². The molecular formula is C11H13BrNNaO4S. The summed E-state index contributed by atoms with van der Waals surface area (Å²) in [7, 11) is -2.65. The molecular weight excluding hydrogens is 345 g/mol. The maximum atomic E-state index is 12.2. The predicted octanol–water partition coefficient (Wildman–Crippen LogP) is 0.923. The first-order chi connectivity index (χ1) is 8.15. The molecule has 0 aromatic heterocycles. The van der Waals surface area contributed by atoms with Crippen LogP contribution in [0.3, 0.4) is 0 Å². The van der Waals surface area contributed by atoms with Crippen LogP contribution in [0, 0.1) is 0 Å². The number of likely N-dealkylation sites (N-methyl/N-ethyl adjacent to an activating group) is 1. The molecule has 0 saturated carbocycles. The Morgan fingerprint density at radius 2 is 2.00 bits per heavy atom. The number of hydrogen-bond acceptors (Lipinski definition) is 3. The van der Waals surface area contributed by atoms with Crippen molar-refractivity contribution >= 4 is 67.2 Å². The van der Waals surface area contributed by atoms with Gasteiger partial charge in [0.25, 0.3) is 10.1 Å². The molecule has 1 atom stereocenters. The summed E-state index contributed by atoms with van der Waals surface area (Å²) in [6.45, 7) is 1.53. The van der Waals surface area contributed by atoms with E-state index in [0.29, 0.717) is 11.3 Å². The predicted molar refractivity (Wildman–Crippen MR) is 78.5 cm³/mol. The van der Waals surface area contributed by atoms with Crippen molar-refractivity contribution in [2.45, 2.75) is 12.3 Å². The van der Waals surface area contributed by atoms with E-state index in [9.17, 15) is 13.2 Å². The van der Waals surface area contributed by atoms with E-state index >= 15 is 0 Å². The second kappa shape index (κ2) is 5.46. The molecule has 1 N–H and O–H groups in total. The zero-order valence-corrected chi connectivity index (χ0v) is 12.2. The topological polar surface area (TPSA) is 74.7 Å². The van der Waals surface area contributed by atoms with E-state index in [1.807, 2.05) is 0 Å². The Morgan fingerprint density at radius 3 is 2.53 bits per heavy atom. The number of hydrogen-bond donors (Lipinski definition) is 1. The van der Waals surface area contributed by atoms with Crippen LogP contribution in [0.5, 0.6) is 0 Å². The van der Waals surface area contributed by atoms with E-state index in [1.165, 1.54) is 11.8 Å². The van der Waals surface area contributed by atoms with Gasteiger partial charge in [-0.2, -0.15) is 8.42 Å². The van der Waals surface area contributed by atoms with Gasteiger partial charge < -0.3 is 4.90 Å². The van der Waals surface area contributed by atoms with Gasteiger partial charge in [-0.1, -0.05) is 15.9 Å². The number of anilines is 1. The fraction of sp³-hybridized carbons (Fsp3) is 0.364. The van der Waals surface area contributed by atoms with Gasteiger partial charge in [0.1, 0.15) is 0 Å². The Bertz CT molecular complexity index is 634. The van der Waals surface area contributed by atoms with Crippen molar-refractivity contribution in [1.82, 2.24) is 0 Å². The van der Waals surface area contributed by atoms with Crippen LogP contribution in [0.15, 0.2) is 22.7 Å². The third kappa shape index (κ3) is 3.06. The summed E-state index contributed by atoms with van der Waals surface area (Å²) < 4.78 is 32.0. The zero-order chi connectivity index (χ0) is 13.7. The summed E-state index contributed by atoms with van der Waals surface area (Å²) >= 11 is 3.29. The summed E-state index contributed by atoms with van der Waals surface area (Å²) in [5.41, 5.74) is 0.0119. The first-order valence-electron chi connectivity index (χ1n) is 5.18. The molecule has 1 heterocycles. The molecule has 1 unspecified atom stereocenters. The summed E-state index contributed by atoms with van der Waals surface area (Å²) in [6, 6.07) is 5.23. The molecule has 0 saturated heterocycles. The third-order valence-electron chi connectivity index (χ3n) is 3.16. The van der Waals surface area contributed by atoms with E-state index < -0.39 is 21.3 Å². The molecule has 1 aromatic rings. The van der Waals surface area contributed by atoms with Gasteiger partial charge in [0.05, 0.1) is 11.2 Å². The molecule has 1 aromatic carbocycles. The number of nitrogens with zero attached hydrogens (tertiary/aromatic N) is 1. The Kier molecular flexibility index (Phi) is 4.92. The second-order valence-electron chi connectivity index (χ2n) is 4.58. The minimum atomic E-state index is -4.24. The maximum absolute atomic E-state index is 12.2. The molecule has 0 aliphatic carbocycles. The van der Waals surface area contributed by atoms with Crippen molar-refractivity contribution in [3.63, 3.8) is 0 Å². The average molecular weight is 358 g/mol. The van der Waals surface area contributed by atoms with Crippen LogP contribution in [0.4, 0.5) is 5.69 Å². The van der Waals surface area contributed by atoms with Gasteiger partial charge in [-0.05, 0) is 30.7 Å². The Balaban J connectivity index is 0.00000180. The SMILES string of the molecule is CN1C(=O)C(C)(CS(=O)(=O)O)c2cc(Br)ccc21.[NaH]. The molecule has 0 radical (unpaired) electrons. The Hall–Kier alpha value is 0.0800. The van der Waals surface area contributed by atoms with E-state index in [2.05, 4.69) is 15.9 Å². The van der Waals surface area contributed by atoms with Gasteiger partial charge in [-0.15, -0.1) is 0 Å². The molecule has 5 nitrogen and oxygen atoms in total. The van der Waals surface area contributed by atoms with Gasteiger partial charge in [-0.25, -0.2) is 0 Å². The van der Waals surface area contributed by atoms with Gasteiger partial charge in [0.2, 0.25) is 5.91 Å². The number of halogens is 1. The first kappa shape index (κ1) is 17.1. The minimum absolute atomic E-state index is 0. The summed E-state index contributed by atoms with van der Waals surface area (Å²) in [5, 5.41) is 0. The second-order valence-corrected chi connectivity index (χ2v) is 6.95. The van der Waals surface area contributed by atoms with Gasteiger partial charge >= 0.3 is 29.6 Å². The standard InChI is InChI=1S/C11H12BrNO4S.Na.H/c1-11(6-18(15,16)17)8-5-7(12)3-4-9(8)13(2)10(11)14;;/h3-5H,6H2,1-2H3,(H,15,16,17);;. The number of rotatable bonds is 2. The summed E-state index contributed by atoms with van der Waals surface area (Å²) in [5.74, 6) is -0.958. The van der Waals surface area contributed by atoms with Crippen molar-refractivity contribution in [1.29, 1.82) is 0 Å². The van der Waals surface area contributed by atoms with Crippen LogP contribution in [0.1, 0.15) is 12.5 Å². The number of amides is 1. The van der Waals surface area contributed by atoms with Crippen molar-refractivity contribution in [2.75, 3.05) is 17.7 Å². The molecule has 0 bridgehead atoms. The number of benzene rings is 1.